The monoisotopic (exact) mass is 363 g/mol. The first kappa shape index (κ1) is 24.7. The fourth-order valence-corrected chi connectivity index (χ4v) is 2.70. The first-order valence-electron chi connectivity index (χ1n) is 10.6. The molecule has 1 aliphatic rings. The van der Waals surface area contributed by atoms with Gasteiger partial charge in [0.15, 0.2) is 0 Å². The van der Waals surface area contributed by atoms with E-state index in [4.69, 9.17) is 5.11 Å². The van der Waals surface area contributed by atoms with Crippen molar-refractivity contribution >= 4 is 5.97 Å². The van der Waals surface area contributed by atoms with Crippen molar-refractivity contribution in [3.05, 3.63) is 36.5 Å². The Morgan fingerprint density at radius 1 is 0.808 bits per heavy atom. The van der Waals surface area contributed by atoms with Gasteiger partial charge in [0.1, 0.15) is 0 Å². The minimum atomic E-state index is -0.675. The number of allylic oxidation sites excluding steroid dienone is 6. The van der Waals surface area contributed by atoms with Crippen molar-refractivity contribution in [2.75, 3.05) is 13.1 Å². The van der Waals surface area contributed by atoms with Crippen molar-refractivity contribution in [1.82, 2.24) is 5.32 Å². The summed E-state index contributed by atoms with van der Waals surface area (Å²) in [5.74, 6) is -0.675. The third kappa shape index (κ3) is 22.6. The van der Waals surface area contributed by atoms with Crippen molar-refractivity contribution in [1.29, 1.82) is 0 Å². The average molecular weight is 364 g/mol. The highest BCUT2D eigenvalue weighted by Crippen LogP contribution is 2.07. The molecule has 1 heterocycles. The molecule has 3 nitrogen and oxygen atoms in total. The van der Waals surface area contributed by atoms with Gasteiger partial charge in [0.2, 0.25) is 0 Å². The minimum Gasteiger partial charge on any atom is -0.481 e. The van der Waals surface area contributed by atoms with E-state index in [-0.39, 0.29) is 0 Å². The van der Waals surface area contributed by atoms with E-state index >= 15 is 0 Å². The van der Waals surface area contributed by atoms with Crippen LogP contribution >= 0.6 is 0 Å². The predicted octanol–water partition coefficient (Wildman–Crippen LogP) is 6.42. The summed E-state index contributed by atoms with van der Waals surface area (Å²) in [7, 11) is 0. The zero-order valence-corrected chi connectivity index (χ0v) is 16.9. The van der Waals surface area contributed by atoms with Crippen LogP contribution in [0.3, 0.4) is 0 Å². The smallest absolute Gasteiger partial charge is 0.303 e. The Kier molecular flexibility index (Phi) is 20.6. The van der Waals surface area contributed by atoms with Gasteiger partial charge < -0.3 is 10.4 Å². The van der Waals surface area contributed by atoms with E-state index in [1.54, 1.807) is 0 Å². The maximum atomic E-state index is 10.3. The number of hydrogen-bond donors (Lipinski definition) is 2. The lowest BCUT2D eigenvalue weighted by Crippen LogP contribution is -2.21. The Morgan fingerprint density at radius 2 is 1.38 bits per heavy atom. The number of piperidine rings is 1. The Labute approximate surface area is 161 Å². The molecule has 150 valence electrons. The second-order valence-corrected chi connectivity index (χ2v) is 6.80. The highest BCUT2D eigenvalue weighted by molar-refractivity contribution is 5.66. The van der Waals surface area contributed by atoms with Crippen molar-refractivity contribution < 1.29 is 9.90 Å². The lowest BCUT2D eigenvalue weighted by atomic mass is 10.1. The van der Waals surface area contributed by atoms with Crippen LogP contribution in [-0.4, -0.2) is 24.2 Å². The fourth-order valence-electron chi connectivity index (χ4n) is 2.70. The Balaban J connectivity index is 0.000000867. The van der Waals surface area contributed by atoms with E-state index in [1.807, 2.05) is 0 Å². The molecular weight excluding hydrogens is 322 g/mol. The molecule has 0 aromatic heterocycles. The summed E-state index contributed by atoms with van der Waals surface area (Å²) in [6.45, 7) is 4.65. The Bertz CT molecular complexity index is 370. The normalized spacial score (nSPS) is 14.8. The minimum absolute atomic E-state index is 0.319. The van der Waals surface area contributed by atoms with Crippen LogP contribution in [0.15, 0.2) is 36.5 Å². The first-order chi connectivity index (χ1) is 12.8. The number of carboxylic acid groups (broad SMARTS) is 1. The summed E-state index contributed by atoms with van der Waals surface area (Å²) in [5.41, 5.74) is 0. The summed E-state index contributed by atoms with van der Waals surface area (Å²) in [6.07, 6.45) is 27.6. The highest BCUT2D eigenvalue weighted by Gasteiger charge is 1.95. The summed E-state index contributed by atoms with van der Waals surface area (Å²) in [5, 5.41) is 11.8. The van der Waals surface area contributed by atoms with Gasteiger partial charge in [-0.25, -0.2) is 0 Å². The number of carbonyl (C=O) groups is 1. The van der Waals surface area contributed by atoms with Crippen LogP contribution in [0.4, 0.5) is 0 Å². The predicted molar refractivity (Wildman–Crippen MR) is 114 cm³/mol. The van der Waals surface area contributed by atoms with E-state index in [0.29, 0.717) is 6.42 Å². The molecule has 0 saturated carbocycles. The molecule has 1 saturated heterocycles. The lowest BCUT2D eigenvalue weighted by molar-refractivity contribution is -0.137. The molecule has 1 aliphatic heterocycles. The summed E-state index contributed by atoms with van der Waals surface area (Å²) in [6, 6.07) is 0. The molecule has 0 bridgehead atoms. The van der Waals surface area contributed by atoms with Crippen molar-refractivity contribution in [2.24, 2.45) is 0 Å². The van der Waals surface area contributed by atoms with Gasteiger partial charge in [-0.05, 0) is 64.5 Å². The SMILES string of the molecule is C1CCNCC1.CC/C=C\C/C=C\C/C=C\CCCCCCCC(=O)O. The standard InChI is InChI=1S/C18H30O2.C5H11N/c1-2-3-4-5-6-7-8-9-10-11-12-13-14-15-16-17-18(19)20;1-2-4-6-5-3-1/h3-4,6-7,9-10H,2,5,8,11-17H2,1H3,(H,19,20);6H,1-5H2/b4-3-,7-6-,10-9-;. The van der Waals surface area contributed by atoms with Crippen LogP contribution in [-0.2, 0) is 4.79 Å². The Morgan fingerprint density at radius 3 is 1.92 bits per heavy atom. The fraction of sp³-hybridized carbons (Fsp3) is 0.696. The molecule has 0 atom stereocenters. The van der Waals surface area contributed by atoms with E-state index in [2.05, 4.69) is 48.7 Å². The van der Waals surface area contributed by atoms with Gasteiger partial charge in [-0.15, -0.1) is 0 Å². The number of nitrogens with one attached hydrogen (secondary N) is 1. The van der Waals surface area contributed by atoms with E-state index in [1.165, 1.54) is 45.2 Å². The summed E-state index contributed by atoms with van der Waals surface area (Å²) in [4.78, 5) is 10.3. The van der Waals surface area contributed by atoms with Crippen LogP contribution in [0.5, 0.6) is 0 Å². The van der Waals surface area contributed by atoms with Gasteiger partial charge in [0, 0.05) is 6.42 Å². The number of rotatable bonds is 13. The van der Waals surface area contributed by atoms with Gasteiger partial charge in [-0.3, -0.25) is 4.79 Å². The molecule has 2 N–H and O–H groups in total. The zero-order valence-electron chi connectivity index (χ0n) is 16.9. The maximum Gasteiger partial charge on any atom is 0.303 e. The molecule has 26 heavy (non-hydrogen) atoms. The molecule has 3 heteroatoms. The van der Waals surface area contributed by atoms with Gasteiger partial charge in [-0.1, -0.05) is 69.1 Å². The van der Waals surface area contributed by atoms with Gasteiger partial charge >= 0.3 is 5.97 Å². The van der Waals surface area contributed by atoms with Crippen LogP contribution < -0.4 is 5.32 Å². The molecule has 0 aromatic rings. The van der Waals surface area contributed by atoms with Gasteiger partial charge in [0.05, 0.1) is 0 Å². The number of unbranched alkanes of at least 4 members (excludes halogenated alkanes) is 5. The summed E-state index contributed by atoms with van der Waals surface area (Å²) >= 11 is 0. The third-order valence-corrected chi connectivity index (χ3v) is 4.25. The number of aliphatic carboxylic acids is 1. The van der Waals surface area contributed by atoms with Crippen LogP contribution in [0.25, 0.3) is 0 Å². The highest BCUT2D eigenvalue weighted by atomic mass is 16.4. The van der Waals surface area contributed by atoms with Crippen LogP contribution in [0, 0.1) is 0 Å². The van der Waals surface area contributed by atoms with Crippen molar-refractivity contribution in [2.45, 2.75) is 90.4 Å². The van der Waals surface area contributed by atoms with Crippen LogP contribution in [0.1, 0.15) is 90.4 Å². The molecule has 0 spiro atoms. The second kappa shape index (κ2) is 21.7. The Hall–Kier alpha value is -1.35. The molecule has 1 rings (SSSR count). The van der Waals surface area contributed by atoms with Crippen molar-refractivity contribution in [3.8, 4) is 0 Å². The zero-order chi connectivity index (χ0) is 19.1. The van der Waals surface area contributed by atoms with Gasteiger partial charge in [-0.2, -0.15) is 0 Å². The maximum absolute atomic E-state index is 10.3. The van der Waals surface area contributed by atoms with Crippen LogP contribution in [0.2, 0.25) is 0 Å². The second-order valence-electron chi connectivity index (χ2n) is 6.80. The van der Waals surface area contributed by atoms with Gasteiger partial charge in [0.25, 0.3) is 0 Å². The van der Waals surface area contributed by atoms with E-state index < -0.39 is 5.97 Å². The summed E-state index contributed by atoms with van der Waals surface area (Å²) < 4.78 is 0. The molecule has 0 aromatic carbocycles. The third-order valence-electron chi connectivity index (χ3n) is 4.25. The first-order valence-corrected chi connectivity index (χ1v) is 10.6. The van der Waals surface area contributed by atoms with Crippen molar-refractivity contribution in [3.63, 3.8) is 0 Å². The number of carboxylic acids is 1. The van der Waals surface area contributed by atoms with E-state index in [9.17, 15) is 4.79 Å². The topological polar surface area (TPSA) is 49.3 Å². The molecule has 0 amide bonds. The molecule has 1 fully saturated rings. The lowest BCUT2D eigenvalue weighted by Gasteiger charge is -2.08. The largest absolute Gasteiger partial charge is 0.481 e. The quantitative estimate of drug-likeness (QED) is 0.293. The average Bonchev–Trinajstić information content (AvgIpc) is 2.66. The molecule has 0 aliphatic carbocycles. The molecule has 0 radical (unpaired) electrons. The molecular formula is C23H41NO2. The number of hydrogen-bond acceptors (Lipinski definition) is 2. The molecule has 0 unspecified atom stereocenters. The van der Waals surface area contributed by atoms with E-state index in [0.717, 1.165) is 44.9 Å².